The molecule has 2 aliphatic heterocycles. The number of likely N-dealkylation sites (tertiary alicyclic amines) is 1. The van der Waals surface area contributed by atoms with Gasteiger partial charge in [-0.1, -0.05) is 25.0 Å². The molecule has 0 bridgehead atoms. The van der Waals surface area contributed by atoms with Crippen molar-refractivity contribution < 1.29 is 9.53 Å². The van der Waals surface area contributed by atoms with Crippen LogP contribution in [-0.2, 0) is 4.79 Å². The number of ether oxygens (including phenoxy) is 1. The fraction of sp³-hybridized carbons (Fsp3) is 0.480. The van der Waals surface area contributed by atoms with Gasteiger partial charge in [-0.2, -0.15) is 0 Å². The number of benzene rings is 2. The number of carbonyl (C=O) groups excluding carboxylic acids is 1. The van der Waals surface area contributed by atoms with Gasteiger partial charge in [0.15, 0.2) is 0 Å². The Bertz CT molecular complexity index is 813. The lowest BCUT2D eigenvalue weighted by atomic mass is 10.0. The van der Waals surface area contributed by atoms with Crippen LogP contribution in [0.25, 0.3) is 0 Å². The van der Waals surface area contributed by atoms with E-state index in [2.05, 4.69) is 39.4 Å². The van der Waals surface area contributed by atoms with Crippen molar-refractivity contribution >= 4 is 17.3 Å². The van der Waals surface area contributed by atoms with Crippen LogP contribution in [0.5, 0.6) is 5.75 Å². The number of amides is 1. The summed E-state index contributed by atoms with van der Waals surface area (Å²) in [4.78, 5) is 17.6. The van der Waals surface area contributed by atoms with Gasteiger partial charge in [0.2, 0.25) is 5.91 Å². The second kappa shape index (κ2) is 9.98. The molecule has 5 nitrogen and oxygen atoms in total. The van der Waals surface area contributed by atoms with Crippen molar-refractivity contribution in [2.24, 2.45) is 0 Å². The molecule has 0 radical (unpaired) electrons. The van der Waals surface area contributed by atoms with Crippen LogP contribution in [0.15, 0.2) is 48.5 Å². The van der Waals surface area contributed by atoms with Crippen LogP contribution in [0.4, 0.5) is 11.4 Å². The molecule has 1 atom stereocenters. The predicted molar refractivity (Wildman–Crippen MR) is 122 cm³/mol. The van der Waals surface area contributed by atoms with Gasteiger partial charge in [-0.25, -0.2) is 0 Å². The summed E-state index contributed by atoms with van der Waals surface area (Å²) < 4.78 is 5.30. The van der Waals surface area contributed by atoms with E-state index >= 15 is 0 Å². The molecular weight excluding hydrogens is 374 g/mol. The van der Waals surface area contributed by atoms with E-state index in [9.17, 15) is 4.79 Å². The highest BCUT2D eigenvalue weighted by molar-refractivity contribution is 5.92. The van der Waals surface area contributed by atoms with E-state index in [-0.39, 0.29) is 11.9 Å². The van der Waals surface area contributed by atoms with Crippen LogP contribution < -0.4 is 15.0 Å². The highest BCUT2D eigenvalue weighted by atomic mass is 16.5. The fourth-order valence-electron chi connectivity index (χ4n) is 4.68. The summed E-state index contributed by atoms with van der Waals surface area (Å²) in [6, 6.07) is 16.9. The SMILES string of the molecule is COc1ccc([C@H]2CCCCCN2CC(=O)Nc2ccc(N3CCCC3)cc2)cc1. The minimum Gasteiger partial charge on any atom is -0.497 e. The van der Waals surface area contributed by atoms with Crippen molar-refractivity contribution in [3.05, 3.63) is 54.1 Å². The molecule has 2 aromatic rings. The zero-order chi connectivity index (χ0) is 20.8. The quantitative estimate of drug-likeness (QED) is 0.743. The van der Waals surface area contributed by atoms with Crippen LogP contribution in [0.1, 0.15) is 50.1 Å². The molecule has 0 saturated carbocycles. The van der Waals surface area contributed by atoms with Crippen LogP contribution in [0.2, 0.25) is 0 Å². The largest absolute Gasteiger partial charge is 0.497 e. The van der Waals surface area contributed by atoms with Gasteiger partial charge in [0, 0.05) is 30.5 Å². The molecule has 2 heterocycles. The molecule has 160 valence electrons. The number of methoxy groups -OCH3 is 1. The van der Waals surface area contributed by atoms with Crippen molar-refractivity contribution in [2.45, 2.75) is 44.6 Å². The molecule has 30 heavy (non-hydrogen) atoms. The monoisotopic (exact) mass is 407 g/mol. The average molecular weight is 408 g/mol. The summed E-state index contributed by atoms with van der Waals surface area (Å²) in [6.07, 6.45) is 7.19. The Hall–Kier alpha value is -2.53. The smallest absolute Gasteiger partial charge is 0.238 e. The summed E-state index contributed by atoms with van der Waals surface area (Å²) in [5.74, 6) is 0.929. The first-order valence-corrected chi connectivity index (χ1v) is 11.3. The maximum absolute atomic E-state index is 12.8. The van der Waals surface area contributed by atoms with Gasteiger partial charge in [-0.15, -0.1) is 0 Å². The summed E-state index contributed by atoms with van der Waals surface area (Å²) in [7, 11) is 1.69. The lowest BCUT2D eigenvalue weighted by Gasteiger charge is -2.30. The fourth-order valence-corrected chi connectivity index (χ4v) is 4.68. The van der Waals surface area contributed by atoms with Crippen LogP contribution in [0.3, 0.4) is 0 Å². The van der Waals surface area contributed by atoms with Crippen molar-refractivity contribution in [3.8, 4) is 5.75 Å². The van der Waals surface area contributed by atoms with E-state index in [0.717, 1.165) is 43.9 Å². The third-order valence-electron chi connectivity index (χ3n) is 6.33. The number of carbonyl (C=O) groups is 1. The summed E-state index contributed by atoms with van der Waals surface area (Å²) in [5, 5.41) is 3.10. The Morgan fingerprint density at radius 2 is 1.63 bits per heavy atom. The van der Waals surface area contributed by atoms with Crippen molar-refractivity contribution in [2.75, 3.05) is 43.5 Å². The van der Waals surface area contributed by atoms with Gasteiger partial charge < -0.3 is 15.0 Å². The van der Waals surface area contributed by atoms with Gasteiger partial charge in [0.1, 0.15) is 5.75 Å². The molecule has 2 fully saturated rings. The maximum Gasteiger partial charge on any atom is 0.238 e. The third kappa shape index (κ3) is 5.14. The predicted octanol–water partition coefficient (Wildman–Crippen LogP) is 4.85. The zero-order valence-electron chi connectivity index (χ0n) is 18.0. The van der Waals surface area contributed by atoms with Crippen molar-refractivity contribution in [1.29, 1.82) is 0 Å². The van der Waals surface area contributed by atoms with Crippen LogP contribution >= 0.6 is 0 Å². The number of anilines is 2. The second-order valence-electron chi connectivity index (χ2n) is 8.40. The van der Waals surface area contributed by atoms with Gasteiger partial charge >= 0.3 is 0 Å². The summed E-state index contributed by atoms with van der Waals surface area (Å²) >= 11 is 0. The number of rotatable bonds is 6. The van der Waals surface area contributed by atoms with Gasteiger partial charge in [0.05, 0.1) is 13.7 Å². The van der Waals surface area contributed by atoms with Crippen molar-refractivity contribution in [1.82, 2.24) is 4.90 Å². The summed E-state index contributed by atoms with van der Waals surface area (Å²) in [5.41, 5.74) is 3.39. The number of hydrogen-bond donors (Lipinski definition) is 1. The Labute approximate surface area is 180 Å². The maximum atomic E-state index is 12.8. The molecular formula is C25H33N3O2. The van der Waals surface area contributed by atoms with E-state index in [1.54, 1.807) is 7.11 Å². The standard InChI is InChI=1S/C25H33N3O2/c1-30-23-14-8-20(9-15-23)24-7-3-2-4-18-28(24)19-25(29)26-21-10-12-22(13-11-21)27-16-5-6-17-27/h8-15,24H,2-7,16-19H2,1H3,(H,26,29)/t24-/m1/s1. The molecule has 0 spiro atoms. The Morgan fingerprint density at radius 3 is 2.33 bits per heavy atom. The first-order valence-electron chi connectivity index (χ1n) is 11.3. The van der Waals surface area contributed by atoms with Gasteiger partial charge in [0.25, 0.3) is 0 Å². The molecule has 0 aromatic heterocycles. The van der Waals surface area contributed by atoms with Crippen molar-refractivity contribution in [3.63, 3.8) is 0 Å². The van der Waals surface area contributed by atoms with Gasteiger partial charge in [-0.05, 0) is 74.2 Å². The normalized spacial score (nSPS) is 20.0. The Morgan fingerprint density at radius 1 is 0.933 bits per heavy atom. The van der Waals surface area contributed by atoms with Gasteiger partial charge in [-0.3, -0.25) is 9.69 Å². The Kier molecular flexibility index (Phi) is 6.90. The molecule has 5 heteroatoms. The minimum atomic E-state index is 0.0596. The van der Waals surface area contributed by atoms with E-state index in [0.29, 0.717) is 6.54 Å². The number of nitrogens with zero attached hydrogens (tertiary/aromatic N) is 2. The first kappa shape index (κ1) is 20.7. The lowest BCUT2D eigenvalue weighted by molar-refractivity contribution is -0.117. The number of nitrogens with one attached hydrogen (secondary N) is 1. The second-order valence-corrected chi connectivity index (χ2v) is 8.40. The third-order valence-corrected chi connectivity index (χ3v) is 6.33. The highest BCUT2D eigenvalue weighted by Gasteiger charge is 2.24. The van der Waals surface area contributed by atoms with Crippen LogP contribution in [-0.4, -0.2) is 44.1 Å². The Balaban J connectivity index is 1.39. The lowest BCUT2D eigenvalue weighted by Crippen LogP contribution is -2.36. The van der Waals surface area contributed by atoms with E-state index in [4.69, 9.17) is 4.74 Å². The molecule has 4 rings (SSSR count). The zero-order valence-corrected chi connectivity index (χ0v) is 18.0. The molecule has 1 N–H and O–H groups in total. The number of hydrogen-bond acceptors (Lipinski definition) is 4. The summed E-state index contributed by atoms with van der Waals surface area (Å²) in [6.45, 7) is 3.64. The minimum absolute atomic E-state index is 0.0596. The molecule has 0 unspecified atom stereocenters. The molecule has 2 saturated heterocycles. The first-order chi connectivity index (χ1) is 14.7. The average Bonchev–Trinajstić information content (AvgIpc) is 3.22. The molecule has 2 aliphatic rings. The molecule has 2 aromatic carbocycles. The molecule has 1 amide bonds. The van der Waals surface area contributed by atoms with E-state index < -0.39 is 0 Å². The van der Waals surface area contributed by atoms with E-state index in [1.807, 2.05) is 24.3 Å². The van der Waals surface area contributed by atoms with Crippen LogP contribution in [0, 0.1) is 0 Å². The molecule has 0 aliphatic carbocycles. The van der Waals surface area contributed by atoms with E-state index in [1.165, 1.54) is 36.9 Å². The topological polar surface area (TPSA) is 44.8 Å². The highest BCUT2D eigenvalue weighted by Crippen LogP contribution is 2.31.